The van der Waals surface area contributed by atoms with E-state index in [0.29, 0.717) is 16.8 Å². The number of pyridine rings is 2. The van der Waals surface area contributed by atoms with E-state index < -0.39 is 0 Å². The number of anilines is 2. The van der Waals surface area contributed by atoms with E-state index in [1.165, 1.54) is 0 Å². The van der Waals surface area contributed by atoms with Gasteiger partial charge in [-0.3, -0.25) is 4.98 Å². The number of aromatic nitrogens is 2. The molecule has 2 heterocycles. The molecule has 2 aromatic rings. The smallest absolute Gasteiger partial charge is 0.149 e. The van der Waals surface area contributed by atoms with Crippen LogP contribution in [0, 0.1) is 12.8 Å². The zero-order valence-corrected chi connectivity index (χ0v) is 12.9. The molecule has 0 aliphatic carbocycles. The molecule has 0 saturated carbocycles. The zero-order valence-electron chi connectivity index (χ0n) is 12.1. The van der Waals surface area contributed by atoms with Crippen molar-refractivity contribution in [1.29, 1.82) is 0 Å². The lowest BCUT2D eigenvalue weighted by Crippen LogP contribution is -2.05. The van der Waals surface area contributed by atoms with E-state index in [1.807, 2.05) is 19.1 Å². The predicted octanol–water partition coefficient (Wildman–Crippen LogP) is 3.78. The zero-order chi connectivity index (χ0) is 15.0. The van der Waals surface area contributed by atoms with Crippen LogP contribution in [0.5, 0.6) is 0 Å². The Hall–Kier alpha value is -1.65. The third-order valence-corrected chi connectivity index (χ3v) is 2.71. The number of rotatable bonds is 3. The molecule has 0 spiro atoms. The second-order valence-corrected chi connectivity index (χ2v) is 5.18. The topological polar surface area (TPSA) is 63.8 Å². The molecule has 0 aliphatic heterocycles. The third kappa shape index (κ3) is 5.99. The van der Waals surface area contributed by atoms with Gasteiger partial charge in [0.2, 0.25) is 0 Å². The van der Waals surface area contributed by atoms with Gasteiger partial charge < -0.3 is 11.1 Å². The number of nitrogens with zero attached hydrogens (tertiary/aromatic N) is 2. The van der Waals surface area contributed by atoms with Crippen molar-refractivity contribution < 1.29 is 0 Å². The lowest BCUT2D eigenvalue weighted by Gasteiger charge is -2.06. The van der Waals surface area contributed by atoms with Crippen molar-refractivity contribution in [3.05, 3.63) is 47.4 Å². The minimum atomic E-state index is 0.595. The highest BCUT2D eigenvalue weighted by Gasteiger charge is 2.00. The van der Waals surface area contributed by atoms with Gasteiger partial charge in [0.15, 0.2) is 0 Å². The summed E-state index contributed by atoms with van der Waals surface area (Å²) >= 11 is 5.96. The van der Waals surface area contributed by atoms with Crippen LogP contribution >= 0.6 is 11.6 Å². The number of nitrogens with two attached hydrogens (primary N) is 1. The number of halogens is 1. The van der Waals surface area contributed by atoms with Gasteiger partial charge in [0.1, 0.15) is 5.82 Å². The van der Waals surface area contributed by atoms with Gasteiger partial charge in [-0.25, -0.2) is 4.98 Å². The summed E-state index contributed by atoms with van der Waals surface area (Å²) in [5.74, 6) is 1.31. The van der Waals surface area contributed by atoms with Gasteiger partial charge in [0, 0.05) is 11.9 Å². The highest BCUT2D eigenvalue weighted by Crippen LogP contribution is 2.21. The Bertz CT molecular complexity index is 512. The molecule has 20 heavy (non-hydrogen) atoms. The molecule has 5 heteroatoms. The van der Waals surface area contributed by atoms with E-state index >= 15 is 0 Å². The number of nitrogens with one attached hydrogen (secondary N) is 1. The maximum absolute atomic E-state index is 5.96. The Balaban J connectivity index is 0.000000347. The molecule has 0 aromatic carbocycles. The highest BCUT2D eigenvalue weighted by atomic mass is 35.5. The molecule has 0 atom stereocenters. The van der Waals surface area contributed by atoms with Crippen LogP contribution in [0.3, 0.4) is 0 Å². The van der Waals surface area contributed by atoms with Crippen molar-refractivity contribution >= 4 is 23.1 Å². The van der Waals surface area contributed by atoms with Crippen LogP contribution in [0.15, 0.2) is 36.7 Å². The first-order valence-corrected chi connectivity index (χ1v) is 6.91. The van der Waals surface area contributed by atoms with Gasteiger partial charge in [0.25, 0.3) is 0 Å². The molecule has 0 saturated heterocycles. The fraction of sp³-hybridized carbons (Fsp3) is 0.333. The molecule has 3 N–H and O–H groups in total. The Labute approximate surface area is 125 Å². The van der Waals surface area contributed by atoms with Crippen LogP contribution in [-0.4, -0.2) is 16.5 Å². The molecule has 4 nitrogen and oxygen atoms in total. The van der Waals surface area contributed by atoms with Gasteiger partial charge in [-0.1, -0.05) is 25.4 Å². The summed E-state index contributed by atoms with van der Waals surface area (Å²) in [6.45, 7) is 6.94. The van der Waals surface area contributed by atoms with E-state index in [2.05, 4.69) is 29.1 Å². The Kier molecular flexibility index (Phi) is 6.98. The fourth-order valence-corrected chi connectivity index (χ4v) is 1.32. The summed E-state index contributed by atoms with van der Waals surface area (Å²) in [4.78, 5) is 8.30. The van der Waals surface area contributed by atoms with E-state index in [-0.39, 0.29) is 0 Å². The molecule has 0 amide bonds. The standard InChI is InChI=1S/C11H10ClN3.C4H11N/c1-8-4-5-9(7-14-8)15-11-10(12)3-2-6-13-11;1-4(2)3-5/h2-7H,1H3,(H,13,15);4H,3,5H2,1-2H3. The normalized spacial score (nSPS) is 9.90. The first kappa shape index (κ1) is 16.4. The second kappa shape index (κ2) is 8.51. The molecular weight excluding hydrogens is 272 g/mol. The van der Waals surface area contributed by atoms with Crippen LogP contribution in [0.25, 0.3) is 0 Å². The molecule has 0 unspecified atom stereocenters. The van der Waals surface area contributed by atoms with Gasteiger partial charge in [-0.15, -0.1) is 0 Å². The summed E-state index contributed by atoms with van der Waals surface area (Å²) in [5.41, 5.74) is 7.03. The van der Waals surface area contributed by atoms with Crippen molar-refractivity contribution in [2.24, 2.45) is 11.7 Å². The highest BCUT2D eigenvalue weighted by molar-refractivity contribution is 6.33. The summed E-state index contributed by atoms with van der Waals surface area (Å²) in [5, 5.41) is 3.69. The first-order chi connectivity index (χ1) is 9.52. The average molecular weight is 293 g/mol. The summed E-state index contributed by atoms with van der Waals surface area (Å²) in [6, 6.07) is 7.45. The minimum absolute atomic E-state index is 0.595. The van der Waals surface area contributed by atoms with Gasteiger partial charge in [0.05, 0.1) is 16.9 Å². The van der Waals surface area contributed by atoms with Crippen LogP contribution in [-0.2, 0) is 0 Å². The Morgan fingerprint density at radius 1 is 1.25 bits per heavy atom. The van der Waals surface area contributed by atoms with E-state index in [1.54, 1.807) is 24.5 Å². The maximum Gasteiger partial charge on any atom is 0.149 e. The van der Waals surface area contributed by atoms with E-state index in [0.717, 1.165) is 17.9 Å². The Morgan fingerprint density at radius 3 is 2.45 bits per heavy atom. The molecule has 0 fully saturated rings. The fourth-order valence-electron chi connectivity index (χ4n) is 1.16. The maximum atomic E-state index is 5.96. The number of hydrogen-bond donors (Lipinski definition) is 2. The number of aryl methyl sites for hydroxylation is 1. The van der Waals surface area contributed by atoms with Crippen molar-refractivity contribution in [2.45, 2.75) is 20.8 Å². The third-order valence-electron chi connectivity index (χ3n) is 2.40. The van der Waals surface area contributed by atoms with E-state index in [9.17, 15) is 0 Å². The lowest BCUT2D eigenvalue weighted by molar-refractivity contribution is 0.664. The molecule has 2 aromatic heterocycles. The van der Waals surface area contributed by atoms with Crippen LogP contribution in [0.4, 0.5) is 11.5 Å². The van der Waals surface area contributed by atoms with Crippen molar-refractivity contribution in [3.8, 4) is 0 Å². The van der Waals surface area contributed by atoms with Crippen LogP contribution < -0.4 is 11.1 Å². The molecule has 0 aliphatic rings. The van der Waals surface area contributed by atoms with Gasteiger partial charge in [-0.2, -0.15) is 0 Å². The van der Waals surface area contributed by atoms with Crippen LogP contribution in [0.1, 0.15) is 19.5 Å². The van der Waals surface area contributed by atoms with Crippen molar-refractivity contribution in [3.63, 3.8) is 0 Å². The van der Waals surface area contributed by atoms with Crippen molar-refractivity contribution in [2.75, 3.05) is 11.9 Å². The quantitative estimate of drug-likeness (QED) is 0.903. The molecule has 108 valence electrons. The average Bonchev–Trinajstić information content (AvgIpc) is 2.44. The molecule has 0 radical (unpaired) electrons. The monoisotopic (exact) mass is 292 g/mol. The summed E-state index contributed by atoms with van der Waals surface area (Å²) in [6.07, 6.45) is 3.44. The summed E-state index contributed by atoms with van der Waals surface area (Å²) in [7, 11) is 0. The predicted molar refractivity (Wildman–Crippen MR) is 85.4 cm³/mol. The Morgan fingerprint density at radius 2 is 1.95 bits per heavy atom. The number of hydrogen-bond acceptors (Lipinski definition) is 4. The molecule has 2 rings (SSSR count). The second-order valence-electron chi connectivity index (χ2n) is 4.78. The first-order valence-electron chi connectivity index (χ1n) is 6.53. The lowest BCUT2D eigenvalue weighted by atomic mass is 10.2. The largest absolute Gasteiger partial charge is 0.338 e. The van der Waals surface area contributed by atoms with E-state index in [4.69, 9.17) is 17.3 Å². The molecule has 0 bridgehead atoms. The summed E-state index contributed by atoms with van der Waals surface area (Å²) < 4.78 is 0. The van der Waals surface area contributed by atoms with Gasteiger partial charge >= 0.3 is 0 Å². The van der Waals surface area contributed by atoms with Crippen LogP contribution in [0.2, 0.25) is 5.02 Å². The van der Waals surface area contributed by atoms with Crippen molar-refractivity contribution in [1.82, 2.24) is 9.97 Å². The molecular formula is C15H21ClN4. The van der Waals surface area contributed by atoms with Gasteiger partial charge in [-0.05, 0) is 43.7 Å². The minimum Gasteiger partial charge on any atom is -0.338 e. The SMILES string of the molecule is CC(C)CN.Cc1ccc(Nc2ncccc2Cl)cn1.